The number of esters is 2. The largest absolute Gasteiger partial charge is 0.466 e. The third-order valence-electron chi connectivity index (χ3n) is 3.91. The molecule has 3 amide bonds. The lowest BCUT2D eigenvalue weighted by Gasteiger charge is -2.23. The molecule has 0 fully saturated rings. The Morgan fingerprint density at radius 3 is 2.19 bits per heavy atom. The summed E-state index contributed by atoms with van der Waals surface area (Å²) in [5.41, 5.74) is 6.07. The SMILES string of the molecule is CCOC(=O)C[C@H](C(=O)OCC)[C@H](NC(=O)CNC(=O)OCc1ccccc1)C(N)=O. The van der Waals surface area contributed by atoms with Crippen molar-refractivity contribution in [2.24, 2.45) is 11.7 Å². The fourth-order valence-electron chi connectivity index (χ4n) is 2.51. The molecule has 0 aliphatic rings. The molecule has 0 spiro atoms. The van der Waals surface area contributed by atoms with E-state index in [1.807, 2.05) is 6.07 Å². The normalized spacial score (nSPS) is 12.1. The molecular weight excluding hydrogens is 410 g/mol. The number of carbonyl (C=O) groups excluding carboxylic acids is 5. The van der Waals surface area contributed by atoms with E-state index in [0.29, 0.717) is 0 Å². The molecule has 31 heavy (non-hydrogen) atoms. The van der Waals surface area contributed by atoms with Crippen LogP contribution in [0.1, 0.15) is 25.8 Å². The zero-order valence-corrected chi connectivity index (χ0v) is 17.4. The standard InChI is InChI=1S/C20H27N3O8/c1-3-29-16(25)10-14(19(27)30-4-2)17(18(21)26)23-15(24)11-22-20(28)31-12-13-8-6-5-7-9-13/h5-9,14,17H,3-4,10-12H2,1-2H3,(H2,21,26)(H,22,28)(H,23,24)/t14-,17-/m0/s1. The second-order valence-electron chi connectivity index (χ2n) is 6.23. The van der Waals surface area contributed by atoms with Crippen molar-refractivity contribution in [3.63, 3.8) is 0 Å². The Morgan fingerprint density at radius 2 is 1.61 bits per heavy atom. The van der Waals surface area contributed by atoms with Gasteiger partial charge in [-0.25, -0.2) is 4.79 Å². The minimum Gasteiger partial charge on any atom is -0.466 e. The summed E-state index contributed by atoms with van der Waals surface area (Å²) >= 11 is 0. The maximum atomic E-state index is 12.2. The van der Waals surface area contributed by atoms with Gasteiger partial charge in [-0.2, -0.15) is 0 Å². The van der Waals surface area contributed by atoms with Gasteiger partial charge < -0.3 is 30.6 Å². The van der Waals surface area contributed by atoms with Gasteiger partial charge in [-0.3, -0.25) is 19.2 Å². The molecule has 1 aromatic carbocycles. The lowest BCUT2D eigenvalue weighted by molar-refractivity contribution is -0.157. The van der Waals surface area contributed by atoms with Crippen molar-refractivity contribution in [2.45, 2.75) is 32.9 Å². The summed E-state index contributed by atoms with van der Waals surface area (Å²) < 4.78 is 14.6. The summed E-state index contributed by atoms with van der Waals surface area (Å²) in [7, 11) is 0. The first kappa shape index (κ1) is 25.4. The number of benzene rings is 1. The molecule has 11 heteroatoms. The fraction of sp³-hybridized carbons (Fsp3) is 0.450. The summed E-state index contributed by atoms with van der Waals surface area (Å²) in [5.74, 6) is -4.91. The summed E-state index contributed by atoms with van der Waals surface area (Å²) in [6.07, 6.45) is -1.38. The predicted molar refractivity (Wildman–Crippen MR) is 107 cm³/mol. The van der Waals surface area contributed by atoms with Crippen LogP contribution in [0.15, 0.2) is 30.3 Å². The van der Waals surface area contributed by atoms with Crippen molar-refractivity contribution < 1.29 is 38.2 Å². The van der Waals surface area contributed by atoms with Crippen LogP contribution in [0.5, 0.6) is 0 Å². The Bertz CT molecular complexity index is 769. The Morgan fingerprint density at radius 1 is 0.968 bits per heavy atom. The highest BCUT2D eigenvalue weighted by atomic mass is 16.5. The predicted octanol–water partition coefficient (Wildman–Crippen LogP) is 0.0154. The molecule has 1 aromatic rings. The first-order chi connectivity index (χ1) is 14.8. The molecule has 4 N–H and O–H groups in total. The highest BCUT2D eigenvalue weighted by molar-refractivity contribution is 5.93. The van der Waals surface area contributed by atoms with E-state index in [-0.39, 0.29) is 19.8 Å². The van der Waals surface area contributed by atoms with E-state index in [9.17, 15) is 24.0 Å². The molecule has 0 aliphatic heterocycles. The van der Waals surface area contributed by atoms with Gasteiger partial charge in [-0.1, -0.05) is 30.3 Å². The molecule has 0 bridgehead atoms. The first-order valence-corrected chi connectivity index (χ1v) is 9.63. The number of nitrogens with one attached hydrogen (secondary N) is 2. The minimum atomic E-state index is -1.54. The Balaban J connectivity index is 2.67. The number of alkyl carbamates (subject to hydrolysis) is 1. The summed E-state index contributed by atoms with van der Waals surface area (Å²) in [6.45, 7) is 2.63. The first-order valence-electron chi connectivity index (χ1n) is 9.63. The molecule has 11 nitrogen and oxygen atoms in total. The zero-order chi connectivity index (χ0) is 23.2. The highest BCUT2D eigenvalue weighted by Gasteiger charge is 2.37. The maximum Gasteiger partial charge on any atom is 0.407 e. The maximum absolute atomic E-state index is 12.2. The zero-order valence-electron chi connectivity index (χ0n) is 17.4. The molecule has 1 rings (SSSR count). The molecule has 0 radical (unpaired) electrons. The lowest BCUT2D eigenvalue weighted by atomic mass is 9.95. The van der Waals surface area contributed by atoms with Crippen LogP contribution >= 0.6 is 0 Å². The minimum absolute atomic E-state index is 0.00265. The molecule has 170 valence electrons. The van der Waals surface area contributed by atoms with E-state index < -0.39 is 54.8 Å². The Labute approximate surface area is 179 Å². The van der Waals surface area contributed by atoms with Gasteiger partial charge in [0.1, 0.15) is 19.2 Å². The number of hydrogen-bond acceptors (Lipinski definition) is 8. The molecule has 0 saturated carbocycles. The van der Waals surface area contributed by atoms with Crippen molar-refractivity contribution in [1.29, 1.82) is 0 Å². The van der Waals surface area contributed by atoms with Crippen molar-refractivity contribution in [3.8, 4) is 0 Å². The molecular formula is C20H27N3O8. The summed E-state index contributed by atoms with van der Waals surface area (Å²) in [6, 6.07) is 7.36. The van der Waals surface area contributed by atoms with E-state index >= 15 is 0 Å². The van der Waals surface area contributed by atoms with Gasteiger partial charge in [0.15, 0.2) is 0 Å². The van der Waals surface area contributed by atoms with Crippen LogP contribution < -0.4 is 16.4 Å². The van der Waals surface area contributed by atoms with Crippen molar-refractivity contribution in [2.75, 3.05) is 19.8 Å². The second-order valence-corrected chi connectivity index (χ2v) is 6.23. The molecule has 0 aromatic heterocycles. The van der Waals surface area contributed by atoms with Gasteiger partial charge in [0.05, 0.1) is 25.6 Å². The van der Waals surface area contributed by atoms with Crippen molar-refractivity contribution >= 4 is 29.8 Å². The quantitative estimate of drug-likeness (QED) is 0.304. The number of hydrogen-bond donors (Lipinski definition) is 3. The van der Waals surface area contributed by atoms with Crippen LogP contribution in [0.2, 0.25) is 0 Å². The van der Waals surface area contributed by atoms with Crippen molar-refractivity contribution in [1.82, 2.24) is 10.6 Å². The highest BCUT2D eigenvalue weighted by Crippen LogP contribution is 2.13. The number of carbonyl (C=O) groups is 5. The molecule has 0 heterocycles. The topological polar surface area (TPSA) is 163 Å². The van der Waals surface area contributed by atoms with Gasteiger partial charge in [0.25, 0.3) is 0 Å². The lowest BCUT2D eigenvalue weighted by Crippen LogP contribution is -2.54. The van der Waals surface area contributed by atoms with Gasteiger partial charge in [0.2, 0.25) is 11.8 Å². The van der Waals surface area contributed by atoms with E-state index in [2.05, 4.69) is 10.6 Å². The van der Waals surface area contributed by atoms with Gasteiger partial charge >= 0.3 is 18.0 Å². The molecule has 0 aliphatic carbocycles. The molecule has 0 saturated heterocycles. The van der Waals surface area contributed by atoms with Crippen LogP contribution in [0, 0.1) is 5.92 Å². The third-order valence-corrected chi connectivity index (χ3v) is 3.91. The van der Waals surface area contributed by atoms with Gasteiger partial charge in [0, 0.05) is 0 Å². The molecule has 0 unspecified atom stereocenters. The second kappa shape index (κ2) is 13.6. The average molecular weight is 437 g/mol. The molecule has 2 atom stereocenters. The fourth-order valence-corrected chi connectivity index (χ4v) is 2.51. The average Bonchev–Trinajstić information content (AvgIpc) is 2.74. The van der Waals surface area contributed by atoms with Crippen LogP contribution in [0.3, 0.4) is 0 Å². The smallest absolute Gasteiger partial charge is 0.407 e. The van der Waals surface area contributed by atoms with Gasteiger partial charge in [-0.15, -0.1) is 0 Å². The number of ether oxygens (including phenoxy) is 3. The number of nitrogens with two attached hydrogens (primary N) is 1. The summed E-state index contributed by atoms with van der Waals surface area (Å²) in [5, 5.41) is 4.46. The van der Waals surface area contributed by atoms with E-state index in [0.717, 1.165) is 5.56 Å². The Kier molecular flexibility index (Phi) is 11.1. The summed E-state index contributed by atoms with van der Waals surface area (Å²) in [4.78, 5) is 59.8. The van der Waals surface area contributed by atoms with E-state index in [4.69, 9.17) is 19.9 Å². The third kappa shape index (κ3) is 9.61. The van der Waals surface area contributed by atoms with Crippen LogP contribution in [0.25, 0.3) is 0 Å². The van der Waals surface area contributed by atoms with Crippen LogP contribution in [-0.2, 0) is 40.0 Å². The Hall–Kier alpha value is -3.63. The van der Waals surface area contributed by atoms with E-state index in [1.165, 1.54) is 0 Å². The van der Waals surface area contributed by atoms with Crippen LogP contribution in [0.4, 0.5) is 4.79 Å². The number of primary amides is 1. The monoisotopic (exact) mass is 437 g/mol. The number of rotatable bonds is 12. The van der Waals surface area contributed by atoms with Crippen molar-refractivity contribution in [3.05, 3.63) is 35.9 Å². The number of amides is 3. The van der Waals surface area contributed by atoms with E-state index in [1.54, 1.807) is 38.1 Å². The van der Waals surface area contributed by atoms with Crippen LogP contribution in [-0.4, -0.2) is 55.6 Å². The van der Waals surface area contributed by atoms with Gasteiger partial charge in [-0.05, 0) is 19.4 Å².